The standard InChI is InChI=1S/C68H129NO10/c1-4-7-10-13-16-19-22-25-27-28-29-30-31-32-33-35-37-40-43-46-49-52-55-61(72)67(76)69-59(60(71)54-51-48-45-42-39-36-24-21-18-15-12-9-6-3)58-77-68-66(65(75)64(74)62(57-70)78-68)79-63(73)56-53-50-47-44-41-38-34-26-23-20-17-14-11-8-5-2/h20,23,51,54,59-62,64-66,68,70-72,74-75H,4-19,21-22,24-50,52-53,55-58H2,1-3H3,(H,69,76)/b23-20-,54-51+. The monoisotopic (exact) mass is 1120 g/mol. The van der Waals surface area contributed by atoms with Gasteiger partial charge in [0.1, 0.15) is 24.4 Å². The second-order valence-electron chi connectivity index (χ2n) is 23.9. The molecule has 8 unspecified atom stereocenters. The number of carbonyl (C=O) groups is 2. The topological polar surface area (TPSA) is 175 Å². The molecule has 0 spiro atoms. The Hall–Kier alpha value is -1.86. The Bertz CT molecular complexity index is 1380. The molecule has 1 aliphatic heterocycles. The summed E-state index contributed by atoms with van der Waals surface area (Å²) in [7, 11) is 0. The van der Waals surface area contributed by atoms with Crippen molar-refractivity contribution in [2.75, 3.05) is 13.2 Å². The summed E-state index contributed by atoms with van der Waals surface area (Å²) in [6.45, 7) is 5.82. The largest absolute Gasteiger partial charge is 0.454 e. The number of ether oxygens (including phenoxy) is 3. The summed E-state index contributed by atoms with van der Waals surface area (Å²) >= 11 is 0. The molecule has 11 heteroatoms. The molecule has 0 aromatic rings. The highest BCUT2D eigenvalue weighted by molar-refractivity contribution is 5.80. The molecule has 0 bridgehead atoms. The molecule has 466 valence electrons. The van der Waals surface area contributed by atoms with Gasteiger partial charge in [-0.25, -0.2) is 0 Å². The smallest absolute Gasteiger partial charge is 0.306 e. The first-order valence-electron chi connectivity index (χ1n) is 34.1. The van der Waals surface area contributed by atoms with Gasteiger partial charge in [-0.3, -0.25) is 9.59 Å². The molecule has 0 aromatic heterocycles. The molecule has 1 fully saturated rings. The number of carbonyl (C=O) groups excluding carboxylic acids is 2. The SMILES string of the molecule is CCCCCC/C=C\CCCCCCCCCC(=O)OC1C(OCC(NC(=O)C(O)CCCCCCCCCCCCCCCCCCCCCCCC)C(O)/C=C/CCCCCCCCCCCCC)OC(CO)C(O)C1O. The molecular formula is C68H129NO10. The number of aliphatic hydroxyl groups is 5. The zero-order chi connectivity index (χ0) is 57.5. The van der Waals surface area contributed by atoms with Crippen LogP contribution in [0.5, 0.6) is 0 Å². The van der Waals surface area contributed by atoms with E-state index >= 15 is 0 Å². The maximum absolute atomic E-state index is 13.5. The van der Waals surface area contributed by atoms with Gasteiger partial charge in [0, 0.05) is 6.42 Å². The first-order chi connectivity index (χ1) is 38.7. The first kappa shape index (κ1) is 75.2. The maximum atomic E-state index is 13.5. The zero-order valence-corrected chi connectivity index (χ0v) is 51.8. The summed E-state index contributed by atoms with van der Waals surface area (Å²) in [4.78, 5) is 26.6. The van der Waals surface area contributed by atoms with E-state index < -0.39 is 67.4 Å². The molecule has 1 rings (SSSR count). The van der Waals surface area contributed by atoms with Crippen LogP contribution in [0.25, 0.3) is 0 Å². The Morgan fingerprint density at radius 1 is 0.481 bits per heavy atom. The Kier molecular flexibility index (Phi) is 53.9. The zero-order valence-electron chi connectivity index (χ0n) is 51.8. The van der Waals surface area contributed by atoms with Crippen molar-refractivity contribution in [3.63, 3.8) is 0 Å². The fourth-order valence-corrected chi connectivity index (χ4v) is 10.9. The van der Waals surface area contributed by atoms with E-state index in [9.17, 15) is 35.1 Å². The van der Waals surface area contributed by atoms with E-state index in [-0.39, 0.29) is 13.0 Å². The Balaban J connectivity index is 2.61. The van der Waals surface area contributed by atoms with E-state index in [4.69, 9.17) is 14.2 Å². The third kappa shape index (κ3) is 44.4. The molecule has 11 nitrogen and oxygen atoms in total. The quantitative estimate of drug-likeness (QED) is 0.0195. The highest BCUT2D eigenvalue weighted by Gasteiger charge is 2.47. The Morgan fingerprint density at radius 3 is 1.24 bits per heavy atom. The van der Waals surface area contributed by atoms with Crippen LogP contribution in [0.1, 0.15) is 335 Å². The predicted molar refractivity (Wildman–Crippen MR) is 329 cm³/mol. The normalized spacial score (nSPS) is 18.9. The average molecular weight is 1120 g/mol. The molecule has 79 heavy (non-hydrogen) atoms. The fraction of sp³-hybridized carbons (Fsp3) is 0.912. The van der Waals surface area contributed by atoms with E-state index in [1.807, 2.05) is 6.08 Å². The van der Waals surface area contributed by atoms with E-state index in [0.29, 0.717) is 19.3 Å². The van der Waals surface area contributed by atoms with Crippen molar-refractivity contribution in [3.8, 4) is 0 Å². The van der Waals surface area contributed by atoms with E-state index in [2.05, 4.69) is 38.2 Å². The van der Waals surface area contributed by atoms with Crippen molar-refractivity contribution in [1.29, 1.82) is 0 Å². The third-order valence-electron chi connectivity index (χ3n) is 16.4. The second kappa shape index (κ2) is 56.6. The van der Waals surface area contributed by atoms with Gasteiger partial charge in [-0.15, -0.1) is 0 Å². The minimum atomic E-state index is -1.61. The minimum Gasteiger partial charge on any atom is -0.454 e. The van der Waals surface area contributed by atoms with Crippen molar-refractivity contribution in [1.82, 2.24) is 5.32 Å². The van der Waals surface area contributed by atoms with Crippen LogP contribution in [0, 0.1) is 0 Å². The Labute approximate surface area is 486 Å². The van der Waals surface area contributed by atoms with E-state index in [1.54, 1.807) is 6.08 Å². The van der Waals surface area contributed by atoms with Crippen LogP contribution in [0.15, 0.2) is 24.3 Å². The van der Waals surface area contributed by atoms with Crippen LogP contribution in [-0.4, -0.2) is 99.6 Å². The third-order valence-corrected chi connectivity index (χ3v) is 16.4. The van der Waals surface area contributed by atoms with Crippen LogP contribution in [0.2, 0.25) is 0 Å². The second-order valence-corrected chi connectivity index (χ2v) is 23.9. The molecule has 6 N–H and O–H groups in total. The molecule has 0 aliphatic carbocycles. The molecule has 1 amide bonds. The maximum Gasteiger partial charge on any atom is 0.306 e. The summed E-state index contributed by atoms with van der Waals surface area (Å²) < 4.78 is 17.7. The molecule has 8 atom stereocenters. The molecule has 1 heterocycles. The van der Waals surface area contributed by atoms with Gasteiger partial charge in [0.15, 0.2) is 12.4 Å². The number of nitrogens with one attached hydrogen (secondary N) is 1. The molecule has 0 saturated carbocycles. The lowest BCUT2D eigenvalue weighted by Crippen LogP contribution is -2.61. The number of hydrogen-bond acceptors (Lipinski definition) is 10. The van der Waals surface area contributed by atoms with Gasteiger partial charge in [0.2, 0.25) is 5.91 Å². The molecule has 0 aromatic carbocycles. The molecule has 0 radical (unpaired) electrons. The van der Waals surface area contributed by atoms with Crippen molar-refractivity contribution >= 4 is 11.9 Å². The Morgan fingerprint density at radius 2 is 0.835 bits per heavy atom. The molecule has 1 saturated heterocycles. The fourth-order valence-electron chi connectivity index (χ4n) is 10.9. The highest BCUT2D eigenvalue weighted by Crippen LogP contribution is 2.26. The van der Waals surface area contributed by atoms with Crippen LogP contribution in [0.4, 0.5) is 0 Å². The predicted octanol–water partition coefficient (Wildman–Crippen LogP) is 16.8. The number of hydrogen-bond donors (Lipinski definition) is 6. The van der Waals surface area contributed by atoms with Gasteiger partial charge in [-0.2, -0.15) is 0 Å². The van der Waals surface area contributed by atoms with Gasteiger partial charge in [-0.05, 0) is 51.4 Å². The lowest BCUT2D eigenvalue weighted by molar-refractivity contribution is -0.305. The van der Waals surface area contributed by atoms with Crippen LogP contribution < -0.4 is 5.32 Å². The molecule has 1 aliphatic rings. The van der Waals surface area contributed by atoms with Gasteiger partial charge in [0.05, 0.1) is 25.4 Å². The van der Waals surface area contributed by atoms with Crippen LogP contribution >= 0.6 is 0 Å². The first-order valence-corrected chi connectivity index (χ1v) is 34.1. The number of aliphatic hydroxyl groups excluding tert-OH is 5. The number of unbranched alkanes of at least 4 members (excludes halogenated alkanes) is 43. The highest BCUT2D eigenvalue weighted by atomic mass is 16.7. The average Bonchev–Trinajstić information content (AvgIpc) is 3.50. The van der Waals surface area contributed by atoms with E-state index in [1.165, 1.54) is 218 Å². The number of amides is 1. The minimum absolute atomic E-state index is 0.122. The summed E-state index contributed by atoms with van der Waals surface area (Å²) in [6, 6.07) is -1.02. The van der Waals surface area contributed by atoms with Crippen molar-refractivity contribution in [2.24, 2.45) is 0 Å². The number of esters is 1. The lowest BCUT2D eigenvalue weighted by Gasteiger charge is -2.41. The van der Waals surface area contributed by atoms with Gasteiger partial charge < -0.3 is 45.1 Å². The van der Waals surface area contributed by atoms with Crippen LogP contribution in [0.3, 0.4) is 0 Å². The van der Waals surface area contributed by atoms with Crippen molar-refractivity contribution in [2.45, 2.75) is 384 Å². The summed E-state index contributed by atoms with van der Waals surface area (Å²) in [5.74, 6) is -1.18. The summed E-state index contributed by atoms with van der Waals surface area (Å²) in [5.41, 5.74) is 0. The lowest BCUT2D eigenvalue weighted by atomic mass is 9.99. The van der Waals surface area contributed by atoms with Gasteiger partial charge in [-0.1, -0.05) is 302 Å². The molecular weight excluding hydrogens is 991 g/mol. The van der Waals surface area contributed by atoms with Crippen molar-refractivity contribution < 1.29 is 49.3 Å². The number of allylic oxidation sites excluding steroid dienone is 3. The van der Waals surface area contributed by atoms with Crippen LogP contribution in [-0.2, 0) is 23.8 Å². The van der Waals surface area contributed by atoms with Gasteiger partial charge >= 0.3 is 5.97 Å². The summed E-state index contributed by atoms with van der Waals surface area (Å²) in [6.07, 6.45) is 56.5. The number of rotatable bonds is 59. The van der Waals surface area contributed by atoms with Gasteiger partial charge in [0.25, 0.3) is 0 Å². The van der Waals surface area contributed by atoms with E-state index in [0.717, 1.165) is 70.6 Å². The summed E-state index contributed by atoms with van der Waals surface area (Å²) in [5, 5.41) is 57.1. The van der Waals surface area contributed by atoms with Crippen molar-refractivity contribution in [3.05, 3.63) is 24.3 Å².